The fourth-order valence-electron chi connectivity index (χ4n) is 5.36. The second-order valence-electron chi connectivity index (χ2n) is 9.10. The van der Waals surface area contributed by atoms with Crippen molar-refractivity contribution in [2.24, 2.45) is 11.7 Å². The third-order valence-corrected chi connectivity index (χ3v) is 7.05. The number of nitrogens with one attached hydrogen (secondary N) is 1. The van der Waals surface area contributed by atoms with Gasteiger partial charge in [0.25, 0.3) is 5.91 Å². The van der Waals surface area contributed by atoms with E-state index < -0.39 is 6.04 Å². The first-order valence-electron chi connectivity index (χ1n) is 11.3. The molecule has 2 fully saturated rings. The highest BCUT2D eigenvalue weighted by Crippen LogP contribution is 2.34. The second-order valence-corrected chi connectivity index (χ2v) is 9.10. The van der Waals surface area contributed by atoms with Gasteiger partial charge in [-0.1, -0.05) is 42.5 Å². The Morgan fingerprint density at radius 1 is 1.03 bits per heavy atom. The van der Waals surface area contributed by atoms with E-state index in [4.69, 9.17) is 5.73 Å². The minimum absolute atomic E-state index is 0.125. The van der Waals surface area contributed by atoms with Gasteiger partial charge in [-0.25, -0.2) is 0 Å². The highest BCUT2D eigenvalue weighted by molar-refractivity contribution is 6.05. The lowest BCUT2D eigenvalue weighted by Gasteiger charge is -2.29. The van der Waals surface area contributed by atoms with Crippen LogP contribution in [0.3, 0.4) is 0 Å². The molecule has 1 unspecified atom stereocenters. The molecule has 32 heavy (non-hydrogen) atoms. The van der Waals surface area contributed by atoms with Crippen molar-refractivity contribution in [2.45, 2.75) is 37.9 Å². The minimum Gasteiger partial charge on any atom is -0.330 e. The summed E-state index contributed by atoms with van der Waals surface area (Å²) >= 11 is 0. The van der Waals surface area contributed by atoms with Crippen LogP contribution in [-0.2, 0) is 22.7 Å². The van der Waals surface area contributed by atoms with Crippen molar-refractivity contribution in [3.63, 3.8) is 0 Å². The molecule has 0 spiro atoms. The number of amides is 3. The van der Waals surface area contributed by atoms with Crippen LogP contribution in [0, 0.1) is 5.92 Å². The molecule has 3 amide bonds. The number of likely N-dealkylation sites (tertiary alicyclic amines) is 1. The van der Waals surface area contributed by atoms with E-state index in [1.54, 1.807) is 4.90 Å². The monoisotopic (exact) mass is 432 g/mol. The van der Waals surface area contributed by atoms with Gasteiger partial charge in [-0.15, -0.1) is 0 Å². The first-order chi connectivity index (χ1) is 15.5. The number of imide groups is 1. The largest absolute Gasteiger partial charge is 0.330 e. The smallest absolute Gasteiger partial charge is 0.255 e. The summed E-state index contributed by atoms with van der Waals surface area (Å²) in [6.45, 7) is 3.71. The average molecular weight is 433 g/mol. The van der Waals surface area contributed by atoms with Crippen LogP contribution in [0.4, 0.5) is 0 Å². The summed E-state index contributed by atoms with van der Waals surface area (Å²) < 4.78 is 0. The standard InChI is InChI=1S/C25H28N4O3/c26-11-19-13-28(15-21(19)17-4-2-1-3-5-17)12-16-6-7-18-14-29(25(32)20(18)10-16)22-8-9-23(30)27-24(22)31/h1-7,10,19,21-22H,8-9,11-15,26H2,(H,27,30,31)/t19-,21+,22?/m1/s1. The maximum Gasteiger partial charge on any atom is 0.255 e. The van der Waals surface area contributed by atoms with Gasteiger partial charge in [0.05, 0.1) is 0 Å². The molecule has 0 saturated carbocycles. The molecule has 7 nitrogen and oxygen atoms in total. The number of rotatable bonds is 5. The number of nitrogens with two attached hydrogens (primary N) is 1. The van der Waals surface area contributed by atoms with Gasteiger partial charge < -0.3 is 10.6 Å². The van der Waals surface area contributed by atoms with Crippen molar-refractivity contribution >= 4 is 17.7 Å². The summed E-state index contributed by atoms with van der Waals surface area (Å²) in [6, 6.07) is 16.0. The molecule has 2 aromatic rings. The van der Waals surface area contributed by atoms with Gasteiger partial charge in [0, 0.05) is 44.1 Å². The van der Waals surface area contributed by atoms with Crippen molar-refractivity contribution in [1.29, 1.82) is 0 Å². The van der Waals surface area contributed by atoms with Gasteiger partial charge in [-0.3, -0.25) is 24.6 Å². The van der Waals surface area contributed by atoms with E-state index in [1.165, 1.54) is 5.56 Å². The molecule has 5 rings (SSSR count). The zero-order valence-corrected chi connectivity index (χ0v) is 18.0. The summed E-state index contributed by atoms with van der Waals surface area (Å²) in [5.74, 6) is 0.0592. The summed E-state index contributed by atoms with van der Waals surface area (Å²) in [5.41, 5.74) is 10.1. The zero-order valence-electron chi connectivity index (χ0n) is 18.0. The van der Waals surface area contributed by atoms with E-state index in [2.05, 4.69) is 40.5 Å². The molecule has 7 heteroatoms. The molecule has 166 valence electrons. The van der Waals surface area contributed by atoms with Gasteiger partial charge in [-0.2, -0.15) is 0 Å². The molecule has 3 heterocycles. The van der Waals surface area contributed by atoms with E-state index in [0.717, 1.165) is 30.8 Å². The van der Waals surface area contributed by atoms with E-state index >= 15 is 0 Å². The fraction of sp³-hybridized carbons (Fsp3) is 0.400. The molecule has 3 aliphatic rings. The SMILES string of the molecule is NC[C@@H]1CN(Cc2ccc3c(c2)C(=O)N(C2CCC(=O)NC2=O)C3)C[C@H]1c1ccccc1. The maximum absolute atomic E-state index is 13.1. The Morgan fingerprint density at radius 3 is 2.59 bits per heavy atom. The summed E-state index contributed by atoms with van der Waals surface area (Å²) in [7, 11) is 0. The van der Waals surface area contributed by atoms with Crippen LogP contribution in [0.15, 0.2) is 48.5 Å². The van der Waals surface area contributed by atoms with Crippen LogP contribution < -0.4 is 11.1 Å². The molecule has 3 N–H and O–H groups in total. The molecule has 2 saturated heterocycles. The van der Waals surface area contributed by atoms with E-state index in [9.17, 15) is 14.4 Å². The van der Waals surface area contributed by atoms with Crippen LogP contribution in [0.2, 0.25) is 0 Å². The minimum atomic E-state index is -0.577. The molecular weight excluding hydrogens is 404 g/mol. The van der Waals surface area contributed by atoms with Crippen LogP contribution in [0.25, 0.3) is 0 Å². The lowest BCUT2D eigenvalue weighted by molar-refractivity contribution is -0.136. The summed E-state index contributed by atoms with van der Waals surface area (Å²) in [4.78, 5) is 40.8. The number of benzene rings is 2. The summed E-state index contributed by atoms with van der Waals surface area (Å²) in [6.07, 6.45) is 0.647. The first kappa shape index (κ1) is 20.8. The highest BCUT2D eigenvalue weighted by Gasteiger charge is 2.39. The van der Waals surface area contributed by atoms with Gasteiger partial charge in [0.1, 0.15) is 6.04 Å². The van der Waals surface area contributed by atoms with Crippen LogP contribution >= 0.6 is 0 Å². The number of carbonyl (C=O) groups excluding carboxylic acids is 3. The molecule has 0 radical (unpaired) electrons. The fourth-order valence-corrected chi connectivity index (χ4v) is 5.36. The first-order valence-corrected chi connectivity index (χ1v) is 11.3. The summed E-state index contributed by atoms with van der Waals surface area (Å²) in [5, 5.41) is 2.35. The number of fused-ring (bicyclic) bond motifs is 1. The van der Waals surface area contributed by atoms with E-state index in [1.807, 2.05) is 18.2 Å². The quantitative estimate of drug-likeness (QED) is 0.700. The van der Waals surface area contributed by atoms with Crippen LogP contribution in [0.1, 0.15) is 45.8 Å². The normalized spacial score (nSPS) is 25.8. The Labute approximate surface area is 187 Å². The Morgan fingerprint density at radius 2 is 1.84 bits per heavy atom. The average Bonchev–Trinajstić information content (AvgIpc) is 3.35. The van der Waals surface area contributed by atoms with E-state index in [0.29, 0.717) is 36.9 Å². The highest BCUT2D eigenvalue weighted by atomic mass is 16.2. The Balaban J connectivity index is 1.29. The molecule has 3 atom stereocenters. The van der Waals surface area contributed by atoms with Crippen molar-refractivity contribution in [3.05, 3.63) is 70.8 Å². The molecule has 0 aromatic heterocycles. The third-order valence-electron chi connectivity index (χ3n) is 7.05. The molecule has 3 aliphatic heterocycles. The molecule has 0 aliphatic carbocycles. The number of nitrogens with zero attached hydrogens (tertiary/aromatic N) is 2. The third kappa shape index (κ3) is 3.82. The van der Waals surface area contributed by atoms with Crippen molar-refractivity contribution < 1.29 is 14.4 Å². The van der Waals surface area contributed by atoms with Crippen LogP contribution in [-0.4, -0.2) is 53.2 Å². The Bertz CT molecular complexity index is 1050. The van der Waals surface area contributed by atoms with Crippen LogP contribution in [0.5, 0.6) is 0 Å². The van der Waals surface area contributed by atoms with Gasteiger partial charge in [0.15, 0.2) is 0 Å². The Hall–Kier alpha value is -3.03. The predicted molar refractivity (Wildman–Crippen MR) is 119 cm³/mol. The van der Waals surface area contributed by atoms with Crippen molar-refractivity contribution in [3.8, 4) is 0 Å². The van der Waals surface area contributed by atoms with Gasteiger partial charge in [0.2, 0.25) is 11.8 Å². The van der Waals surface area contributed by atoms with E-state index in [-0.39, 0.29) is 24.1 Å². The number of piperidine rings is 1. The lowest BCUT2D eigenvalue weighted by Crippen LogP contribution is -2.52. The second kappa shape index (κ2) is 8.48. The zero-order chi connectivity index (χ0) is 22.2. The van der Waals surface area contributed by atoms with Gasteiger partial charge in [-0.05, 0) is 41.6 Å². The number of carbonyl (C=O) groups is 3. The topological polar surface area (TPSA) is 95.7 Å². The lowest BCUT2D eigenvalue weighted by atomic mass is 9.89. The van der Waals surface area contributed by atoms with Crippen molar-refractivity contribution in [1.82, 2.24) is 15.1 Å². The van der Waals surface area contributed by atoms with Gasteiger partial charge >= 0.3 is 0 Å². The predicted octanol–water partition coefficient (Wildman–Crippen LogP) is 1.62. The Kier molecular flexibility index (Phi) is 5.53. The number of hydrogen-bond acceptors (Lipinski definition) is 5. The van der Waals surface area contributed by atoms with Crippen molar-refractivity contribution in [2.75, 3.05) is 19.6 Å². The molecular formula is C25H28N4O3. The molecule has 2 aromatic carbocycles. The maximum atomic E-state index is 13.1. The molecule has 0 bridgehead atoms. The number of hydrogen-bond donors (Lipinski definition) is 2.